The molecule has 0 aromatic carbocycles. The summed E-state index contributed by atoms with van der Waals surface area (Å²) in [5, 5.41) is 0. The summed E-state index contributed by atoms with van der Waals surface area (Å²) in [4.78, 5) is 0. The molecule has 0 saturated heterocycles. The van der Waals surface area contributed by atoms with Crippen LogP contribution in [0.5, 0.6) is 0 Å². The molecule has 0 heterocycles. The van der Waals surface area contributed by atoms with Crippen molar-refractivity contribution >= 4 is 0 Å². The van der Waals surface area contributed by atoms with Crippen molar-refractivity contribution in [3.63, 3.8) is 0 Å². The maximum atomic E-state index is 5.49. The quantitative estimate of drug-likeness (QED) is 0.466. The van der Waals surface area contributed by atoms with Gasteiger partial charge in [0.05, 0.1) is 0 Å². The number of hydrogen-bond acceptors (Lipinski definition) is 1. The third-order valence-electron chi connectivity index (χ3n) is 1.14. The zero-order valence-corrected chi connectivity index (χ0v) is 4.80. The van der Waals surface area contributed by atoms with Gasteiger partial charge < -0.3 is 5.73 Å². The van der Waals surface area contributed by atoms with Crippen molar-refractivity contribution in [3.05, 3.63) is 30.3 Å². The van der Waals surface area contributed by atoms with Gasteiger partial charge in [0.25, 0.3) is 0 Å². The third kappa shape index (κ3) is 1.34. The summed E-state index contributed by atoms with van der Waals surface area (Å²) >= 11 is 0. The minimum atomic E-state index is 0.888. The second-order valence-corrected chi connectivity index (χ2v) is 1.88. The van der Waals surface area contributed by atoms with Crippen LogP contribution in [0.2, 0.25) is 0 Å². The standard InChI is InChI=1S/C7H10N/c8-7-5-3-1-2-4-6-7/h1,3,5-6H,2,4,8H2/q-1. The van der Waals surface area contributed by atoms with Gasteiger partial charge in [-0.15, -0.1) is 0 Å². The Labute approximate surface area is 49.9 Å². The van der Waals surface area contributed by atoms with E-state index in [1.54, 1.807) is 0 Å². The molecule has 1 nitrogen and oxygen atoms in total. The molecule has 0 aromatic rings. The summed E-state index contributed by atoms with van der Waals surface area (Å²) in [6.45, 7) is 0. The van der Waals surface area contributed by atoms with E-state index < -0.39 is 0 Å². The van der Waals surface area contributed by atoms with Gasteiger partial charge in [-0.25, -0.2) is 12.5 Å². The molecule has 1 rings (SSSR count). The molecule has 0 spiro atoms. The second kappa shape index (κ2) is 2.46. The first-order valence-corrected chi connectivity index (χ1v) is 2.85. The SMILES string of the molecule is NC1=CCC[CH-]C=C1. The van der Waals surface area contributed by atoms with Gasteiger partial charge in [0.15, 0.2) is 0 Å². The highest BCUT2D eigenvalue weighted by atomic mass is 14.5. The van der Waals surface area contributed by atoms with Gasteiger partial charge in [0, 0.05) is 0 Å². The van der Waals surface area contributed by atoms with Crippen molar-refractivity contribution in [1.29, 1.82) is 0 Å². The van der Waals surface area contributed by atoms with Crippen molar-refractivity contribution in [2.24, 2.45) is 5.73 Å². The molecule has 0 aromatic heterocycles. The van der Waals surface area contributed by atoms with E-state index in [4.69, 9.17) is 5.73 Å². The Hall–Kier alpha value is -0.850. The van der Waals surface area contributed by atoms with Gasteiger partial charge >= 0.3 is 0 Å². The van der Waals surface area contributed by atoms with Crippen LogP contribution in [-0.2, 0) is 0 Å². The maximum absolute atomic E-state index is 5.49. The van der Waals surface area contributed by atoms with Gasteiger partial charge in [-0.1, -0.05) is 18.2 Å². The third-order valence-corrected chi connectivity index (χ3v) is 1.14. The molecule has 0 amide bonds. The Balaban J connectivity index is 2.55. The lowest BCUT2D eigenvalue weighted by atomic mass is 10.2. The fraction of sp³-hybridized carbons (Fsp3) is 0.286. The zero-order valence-electron chi connectivity index (χ0n) is 4.80. The van der Waals surface area contributed by atoms with Crippen LogP contribution in [0.15, 0.2) is 23.9 Å². The topological polar surface area (TPSA) is 26.0 Å². The molecule has 0 bridgehead atoms. The van der Waals surface area contributed by atoms with Crippen LogP contribution >= 0.6 is 0 Å². The number of nitrogens with two attached hydrogens (primary N) is 1. The van der Waals surface area contributed by atoms with E-state index in [0.29, 0.717) is 0 Å². The lowest BCUT2D eigenvalue weighted by Crippen LogP contribution is -1.89. The molecule has 0 radical (unpaired) electrons. The monoisotopic (exact) mass is 108 g/mol. The second-order valence-electron chi connectivity index (χ2n) is 1.88. The number of allylic oxidation sites excluding steroid dienone is 3. The summed E-state index contributed by atoms with van der Waals surface area (Å²) < 4.78 is 0. The summed E-state index contributed by atoms with van der Waals surface area (Å²) in [5.74, 6) is 0. The van der Waals surface area contributed by atoms with Gasteiger partial charge in [0.2, 0.25) is 0 Å². The average Bonchev–Trinajstić information content (AvgIpc) is 1.94. The van der Waals surface area contributed by atoms with Crippen LogP contribution in [0, 0.1) is 6.42 Å². The van der Waals surface area contributed by atoms with Crippen LogP contribution < -0.4 is 5.73 Å². The van der Waals surface area contributed by atoms with Crippen molar-refractivity contribution in [2.45, 2.75) is 12.8 Å². The van der Waals surface area contributed by atoms with Crippen molar-refractivity contribution in [3.8, 4) is 0 Å². The van der Waals surface area contributed by atoms with Crippen molar-refractivity contribution in [2.75, 3.05) is 0 Å². The van der Waals surface area contributed by atoms with E-state index in [2.05, 4.69) is 6.42 Å². The molecule has 0 atom stereocenters. The highest BCUT2D eigenvalue weighted by molar-refractivity contribution is 5.19. The predicted molar refractivity (Wildman–Crippen MR) is 34.9 cm³/mol. The largest absolute Gasteiger partial charge is 0.414 e. The van der Waals surface area contributed by atoms with Crippen LogP contribution in [0.1, 0.15) is 12.8 Å². The molecule has 0 saturated carbocycles. The van der Waals surface area contributed by atoms with E-state index in [1.165, 1.54) is 0 Å². The summed E-state index contributed by atoms with van der Waals surface area (Å²) in [6, 6.07) is 0. The Morgan fingerprint density at radius 1 is 1.62 bits per heavy atom. The Morgan fingerprint density at radius 3 is 3.38 bits per heavy atom. The lowest BCUT2D eigenvalue weighted by Gasteiger charge is -1.91. The van der Waals surface area contributed by atoms with Gasteiger partial charge in [-0.2, -0.15) is 6.08 Å². The van der Waals surface area contributed by atoms with Gasteiger partial charge in [-0.05, 0) is 6.42 Å². The first-order chi connectivity index (χ1) is 3.89. The average molecular weight is 108 g/mol. The number of hydrogen-bond donors (Lipinski definition) is 1. The molecule has 2 N–H and O–H groups in total. The smallest absolute Gasteiger partial charge is 0.0461 e. The Bertz CT molecular complexity index is 122. The minimum Gasteiger partial charge on any atom is -0.414 e. The first kappa shape index (κ1) is 5.29. The molecule has 1 heteroatoms. The molecule has 0 fully saturated rings. The minimum absolute atomic E-state index is 0.888. The molecule has 0 aliphatic heterocycles. The van der Waals surface area contributed by atoms with Crippen LogP contribution in [-0.4, -0.2) is 0 Å². The molecule has 8 heavy (non-hydrogen) atoms. The predicted octanol–water partition coefficient (Wildman–Crippen LogP) is 1.38. The molecule has 0 unspecified atom stereocenters. The molecular weight excluding hydrogens is 98.1 g/mol. The first-order valence-electron chi connectivity index (χ1n) is 2.85. The zero-order chi connectivity index (χ0) is 5.82. The number of rotatable bonds is 0. The molecule has 1 aliphatic rings. The van der Waals surface area contributed by atoms with Crippen LogP contribution in [0.25, 0.3) is 0 Å². The summed E-state index contributed by atoms with van der Waals surface area (Å²) in [6.07, 6.45) is 10.3. The van der Waals surface area contributed by atoms with E-state index in [1.807, 2.05) is 18.2 Å². The van der Waals surface area contributed by atoms with E-state index in [0.717, 1.165) is 18.5 Å². The van der Waals surface area contributed by atoms with Crippen molar-refractivity contribution in [1.82, 2.24) is 0 Å². The summed E-state index contributed by atoms with van der Waals surface area (Å²) in [7, 11) is 0. The maximum Gasteiger partial charge on any atom is -0.0461 e. The fourth-order valence-corrected chi connectivity index (χ4v) is 0.690. The van der Waals surface area contributed by atoms with Crippen molar-refractivity contribution < 1.29 is 0 Å². The van der Waals surface area contributed by atoms with E-state index >= 15 is 0 Å². The van der Waals surface area contributed by atoms with Gasteiger partial charge in [-0.3, -0.25) is 0 Å². The highest BCUT2D eigenvalue weighted by Crippen LogP contribution is 2.04. The van der Waals surface area contributed by atoms with Crippen LogP contribution in [0.4, 0.5) is 0 Å². The van der Waals surface area contributed by atoms with E-state index in [9.17, 15) is 0 Å². The molecular formula is C7H10N-. The normalized spacial score (nSPS) is 18.8. The lowest BCUT2D eigenvalue weighted by molar-refractivity contribution is 1.01. The Morgan fingerprint density at radius 2 is 2.50 bits per heavy atom. The van der Waals surface area contributed by atoms with Gasteiger partial charge in [0.1, 0.15) is 0 Å². The molecule has 1 aliphatic carbocycles. The molecule has 44 valence electrons. The fourth-order valence-electron chi connectivity index (χ4n) is 0.690. The highest BCUT2D eigenvalue weighted by Gasteiger charge is 1.80. The summed E-state index contributed by atoms with van der Waals surface area (Å²) in [5.41, 5.74) is 6.38. The Kier molecular flexibility index (Phi) is 1.62. The van der Waals surface area contributed by atoms with E-state index in [-0.39, 0.29) is 0 Å². The van der Waals surface area contributed by atoms with Crippen LogP contribution in [0.3, 0.4) is 0 Å².